The van der Waals surface area contributed by atoms with Crippen LogP contribution in [0, 0.1) is 11.6 Å². The molecule has 1 atom stereocenters. The molecule has 0 unspecified atom stereocenters. The average Bonchev–Trinajstić information content (AvgIpc) is 3.45. The van der Waals surface area contributed by atoms with Crippen LogP contribution < -0.4 is 14.7 Å². The summed E-state index contributed by atoms with van der Waals surface area (Å²) in [6.07, 6.45) is -0.982. The molecule has 0 bridgehead atoms. The van der Waals surface area contributed by atoms with E-state index in [1.54, 1.807) is 25.7 Å². The van der Waals surface area contributed by atoms with Crippen molar-refractivity contribution < 1.29 is 37.1 Å². The molecule has 11 nitrogen and oxygen atoms in total. The summed E-state index contributed by atoms with van der Waals surface area (Å²) in [5.41, 5.74) is -0.844. The lowest BCUT2D eigenvalue weighted by Gasteiger charge is -2.43. The second-order valence-electron chi connectivity index (χ2n) is 10.5. The number of hydrogen-bond acceptors (Lipinski definition) is 9. The Morgan fingerprint density at radius 1 is 1.16 bits per heavy atom. The van der Waals surface area contributed by atoms with Gasteiger partial charge in [0.1, 0.15) is 23.7 Å². The Labute approximate surface area is 218 Å². The molecule has 0 N–H and O–H groups in total. The summed E-state index contributed by atoms with van der Waals surface area (Å²) in [4.78, 5) is 31.7. The molecule has 3 aliphatic rings. The first-order chi connectivity index (χ1) is 18.1. The smallest absolute Gasteiger partial charge is 0.416 e. The molecule has 0 spiro atoms. The van der Waals surface area contributed by atoms with E-state index >= 15 is 8.78 Å². The van der Waals surface area contributed by atoms with Crippen molar-refractivity contribution in [1.29, 1.82) is 0 Å². The molecule has 3 fully saturated rings. The third-order valence-electron chi connectivity index (χ3n) is 6.66. The van der Waals surface area contributed by atoms with Gasteiger partial charge in [-0.1, -0.05) is 5.16 Å². The molecule has 206 valence electrons. The number of piperazine rings is 1. The van der Waals surface area contributed by atoms with Gasteiger partial charge < -0.3 is 23.6 Å². The van der Waals surface area contributed by atoms with E-state index in [9.17, 15) is 9.59 Å². The summed E-state index contributed by atoms with van der Waals surface area (Å²) in [5.74, 6) is -1.33. The highest BCUT2D eigenvalue weighted by Gasteiger charge is 2.38. The van der Waals surface area contributed by atoms with Crippen LogP contribution in [0.5, 0.6) is 0 Å². The molecule has 0 radical (unpaired) electrons. The van der Waals surface area contributed by atoms with Crippen molar-refractivity contribution in [3.63, 3.8) is 0 Å². The number of nitrogens with zero attached hydrogens (tertiary/aromatic N) is 5. The van der Waals surface area contributed by atoms with Gasteiger partial charge in [-0.15, -0.1) is 0 Å². The van der Waals surface area contributed by atoms with Gasteiger partial charge in [-0.05, 0) is 20.8 Å². The van der Waals surface area contributed by atoms with Crippen LogP contribution in [0.3, 0.4) is 0 Å². The molecule has 2 amide bonds. The molecule has 0 saturated carbocycles. The van der Waals surface area contributed by atoms with Crippen LogP contribution in [-0.4, -0.2) is 92.5 Å². The number of aromatic nitrogens is 1. The molecule has 13 heteroatoms. The van der Waals surface area contributed by atoms with Gasteiger partial charge in [0.05, 0.1) is 38.0 Å². The minimum atomic E-state index is -0.805. The van der Waals surface area contributed by atoms with Gasteiger partial charge in [0.25, 0.3) is 0 Å². The molecule has 4 heterocycles. The zero-order valence-electron chi connectivity index (χ0n) is 21.6. The Morgan fingerprint density at radius 2 is 1.84 bits per heavy atom. The second-order valence-corrected chi connectivity index (χ2v) is 10.5. The zero-order valence-corrected chi connectivity index (χ0v) is 21.6. The minimum absolute atomic E-state index is 0.0314. The number of anilines is 3. The van der Waals surface area contributed by atoms with Crippen LogP contribution in [0.15, 0.2) is 29.0 Å². The highest BCUT2D eigenvalue weighted by atomic mass is 19.1. The topological polar surface area (TPSA) is 101 Å². The van der Waals surface area contributed by atoms with E-state index in [0.29, 0.717) is 45.4 Å². The summed E-state index contributed by atoms with van der Waals surface area (Å²) in [6, 6.07) is 4.12. The average molecular weight is 536 g/mol. The number of amides is 2. The van der Waals surface area contributed by atoms with E-state index in [0.717, 1.165) is 17.0 Å². The summed E-state index contributed by atoms with van der Waals surface area (Å²) in [5, 5.41) is 3.79. The monoisotopic (exact) mass is 535 g/mol. The molecule has 0 aliphatic carbocycles. The number of benzene rings is 1. The Bertz CT molecular complexity index is 1140. The summed E-state index contributed by atoms with van der Waals surface area (Å²) >= 11 is 0. The van der Waals surface area contributed by atoms with Crippen LogP contribution in [0.25, 0.3) is 0 Å². The van der Waals surface area contributed by atoms with Crippen molar-refractivity contribution in [2.24, 2.45) is 0 Å². The van der Waals surface area contributed by atoms with Gasteiger partial charge in [0.15, 0.2) is 17.5 Å². The Balaban J connectivity index is 1.27. The van der Waals surface area contributed by atoms with Gasteiger partial charge in [-0.2, -0.15) is 0 Å². The quantitative estimate of drug-likeness (QED) is 0.552. The van der Waals surface area contributed by atoms with Crippen molar-refractivity contribution in [3.05, 3.63) is 36.1 Å². The van der Waals surface area contributed by atoms with E-state index in [2.05, 4.69) is 10.1 Å². The number of rotatable bonds is 6. The third-order valence-corrected chi connectivity index (χ3v) is 6.66. The third kappa shape index (κ3) is 5.53. The largest absolute Gasteiger partial charge is 0.443 e. The summed E-state index contributed by atoms with van der Waals surface area (Å²) in [7, 11) is 0. The van der Waals surface area contributed by atoms with Gasteiger partial charge in [-0.3, -0.25) is 14.7 Å². The number of cyclic esters (lactones) is 1. The highest BCUT2D eigenvalue weighted by Crippen LogP contribution is 2.32. The number of hydrogen-bond donors (Lipinski definition) is 0. The zero-order chi connectivity index (χ0) is 27.0. The molecular formula is C25H31F2N5O6. The Hall–Kier alpha value is -3.45. The first-order valence-electron chi connectivity index (χ1n) is 12.5. The highest BCUT2D eigenvalue weighted by molar-refractivity contribution is 5.91. The maximum Gasteiger partial charge on any atom is 0.416 e. The number of carbonyl (C=O) groups is 2. The Morgan fingerprint density at radius 3 is 2.39 bits per heavy atom. The predicted molar refractivity (Wildman–Crippen MR) is 132 cm³/mol. The van der Waals surface area contributed by atoms with E-state index in [-0.39, 0.29) is 30.3 Å². The first kappa shape index (κ1) is 26.2. The van der Waals surface area contributed by atoms with Crippen molar-refractivity contribution in [1.82, 2.24) is 10.1 Å². The lowest BCUT2D eigenvalue weighted by molar-refractivity contribution is -0.0661. The molecule has 1 aromatic carbocycles. The SMILES string of the molecule is CC(C)(C)OC(=O)N(C[C@H]1CN(c2cc(F)c(N3CCN(C4COC4)CC3)c(F)c2)C(=O)O1)c1ccon1. The van der Waals surface area contributed by atoms with Crippen molar-refractivity contribution in [2.75, 3.05) is 67.2 Å². The maximum atomic E-state index is 15.2. The van der Waals surface area contributed by atoms with E-state index < -0.39 is 35.5 Å². The fraction of sp³-hybridized carbons (Fsp3) is 0.560. The lowest BCUT2D eigenvalue weighted by Crippen LogP contribution is -2.56. The predicted octanol–water partition coefficient (Wildman–Crippen LogP) is 3.24. The van der Waals surface area contributed by atoms with Crippen LogP contribution in [0.4, 0.5) is 35.6 Å². The molecular weight excluding hydrogens is 504 g/mol. The van der Waals surface area contributed by atoms with E-state index in [1.165, 1.54) is 17.2 Å². The number of ether oxygens (including phenoxy) is 3. The second kappa shape index (κ2) is 10.4. The minimum Gasteiger partial charge on any atom is -0.443 e. The molecule has 2 aromatic rings. The fourth-order valence-corrected chi connectivity index (χ4v) is 4.71. The van der Waals surface area contributed by atoms with Crippen LogP contribution in [0.2, 0.25) is 0 Å². The molecule has 3 saturated heterocycles. The molecule has 5 rings (SSSR count). The fourth-order valence-electron chi connectivity index (χ4n) is 4.71. The summed E-state index contributed by atoms with van der Waals surface area (Å²) in [6.45, 7) is 8.77. The standard InChI is InChI=1S/C25H31F2N5O6/c1-25(2,3)38-24(34)32(21-4-9-36-28-21)13-18-12-31(23(33)37-18)16-10-19(26)22(20(27)11-16)30-7-5-29(6-8-30)17-14-35-15-17/h4,9-11,17-18H,5-8,12-15H2,1-3H3/t18-/m1/s1. The van der Waals surface area contributed by atoms with E-state index in [1.807, 2.05) is 0 Å². The van der Waals surface area contributed by atoms with Gasteiger partial charge in [0, 0.05) is 44.4 Å². The molecule has 38 heavy (non-hydrogen) atoms. The van der Waals surface area contributed by atoms with Gasteiger partial charge in [0.2, 0.25) is 0 Å². The van der Waals surface area contributed by atoms with Crippen molar-refractivity contribution >= 4 is 29.4 Å². The van der Waals surface area contributed by atoms with Crippen LogP contribution >= 0.6 is 0 Å². The number of carbonyl (C=O) groups excluding carboxylic acids is 2. The normalized spacial score (nSPS) is 20.9. The maximum absolute atomic E-state index is 15.2. The van der Waals surface area contributed by atoms with Crippen LogP contribution in [0.1, 0.15) is 20.8 Å². The molecule has 3 aliphatic heterocycles. The van der Waals surface area contributed by atoms with Gasteiger partial charge in [-0.25, -0.2) is 18.4 Å². The lowest BCUT2D eigenvalue weighted by atomic mass is 10.1. The first-order valence-corrected chi connectivity index (χ1v) is 12.5. The molecule has 1 aromatic heterocycles. The van der Waals surface area contributed by atoms with Gasteiger partial charge >= 0.3 is 12.2 Å². The summed E-state index contributed by atoms with van der Waals surface area (Å²) < 4.78 is 51.3. The Kier molecular flexibility index (Phi) is 7.14. The van der Waals surface area contributed by atoms with Crippen molar-refractivity contribution in [2.45, 2.75) is 38.5 Å². The van der Waals surface area contributed by atoms with E-state index in [4.69, 9.17) is 18.7 Å². The van der Waals surface area contributed by atoms with Crippen molar-refractivity contribution in [3.8, 4) is 0 Å². The van der Waals surface area contributed by atoms with Crippen LogP contribution in [-0.2, 0) is 14.2 Å². The number of halogens is 2.